The third kappa shape index (κ3) is 3.53. The summed E-state index contributed by atoms with van der Waals surface area (Å²) in [6, 6.07) is 3.08. The Morgan fingerprint density at radius 1 is 1.56 bits per heavy atom. The number of carbonyl (C=O) groups is 2. The number of ether oxygens (including phenoxy) is 1. The monoisotopic (exact) mass is 221 g/mol. The van der Waals surface area contributed by atoms with Gasteiger partial charge in [-0.3, -0.25) is 4.79 Å². The highest BCUT2D eigenvalue weighted by atomic mass is 16.5. The van der Waals surface area contributed by atoms with Gasteiger partial charge in [0.05, 0.1) is 13.5 Å². The minimum atomic E-state index is -1.08. The molecule has 1 rings (SSSR count). The summed E-state index contributed by atoms with van der Waals surface area (Å²) >= 11 is 0. The van der Waals surface area contributed by atoms with Crippen LogP contribution in [0.15, 0.2) is 24.4 Å². The normalized spacial score (nSPS) is 10.3. The average molecular weight is 221 g/mol. The molecular formula is C11H11NO4. The molecule has 16 heavy (non-hydrogen) atoms. The second-order valence-electron chi connectivity index (χ2n) is 2.96. The van der Waals surface area contributed by atoms with Gasteiger partial charge >= 0.3 is 11.9 Å². The molecule has 1 aromatic heterocycles. The topological polar surface area (TPSA) is 76.5 Å². The Hall–Kier alpha value is -2.17. The lowest BCUT2D eigenvalue weighted by Crippen LogP contribution is -1.99. The van der Waals surface area contributed by atoms with E-state index in [0.717, 1.165) is 0 Å². The Balaban J connectivity index is 2.70. The van der Waals surface area contributed by atoms with Crippen LogP contribution in [0, 0.1) is 0 Å². The molecule has 0 bridgehead atoms. The summed E-state index contributed by atoms with van der Waals surface area (Å²) < 4.78 is 4.45. The minimum Gasteiger partial charge on any atom is -0.477 e. The van der Waals surface area contributed by atoms with E-state index in [9.17, 15) is 9.59 Å². The van der Waals surface area contributed by atoms with Gasteiger partial charge in [-0.1, -0.05) is 12.2 Å². The molecule has 1 heterocycles. The second kappa shape index (κ2) is 5.65. The predicted molar refractivity (Wildman–Crippen MR) is 56.9 cm³/mol. The number of aromatic carboxylic acids is 1. The van der Waals surface area contributed by atoms with Crippen molar-refractivity contribution >= 4 is 18.0 Å². The number of hydrogen-bond acceptors (Lipinski definition) is 4. The zero-order valence-corrected chi connectivity index (χ0v) is 8.71. The third-order valence-electron chi connectivity index (χ3n) is 1.83. The van der Waals surface area contributed by atoms with Crippen molar-refractivity contribution in [3.05, 3.63) is 35.7 Å². The SMILES string of the molecule is COC(=O)CC=Cc1ccnc(C(=O)O)c1. The number of methoxy groups -OCH3 is 1. The molecule has 5 heteroatoms. The van der Waals surface area contributed by atoms with E-state index in [-0.39, 0.29) is 18.1 Å². The molecule has 0 saturated heterocycles. The van der Waals surface area contributed by atoms with E-state index in [4.69, 9.17) is 5.11 Å². The van der Waals surface area contributed by atoms with Crippen molar-refractivity contribution < 1.29 is 19.4 Å². The number of nitrogens with zero attached hydrogens (tertiary/aromatic N) is 1. The minimum absolute atomic E-state index is 0.0276. The molecule has 0 fully saturated rings. The molecule has 0 aliphatic carbocycles. The lowest BCUT2D eigenvalue weighted by molar-refractivity contribution is -0.139. The maximum Gasteiger partial charge on any atom is 0.354 e. The van der Waals surface area contributed by atoms with E-state index in [0.29, 0.717) is 5.56 Å². The van der Waals surface area contributed by atoms with Crippen LogP contribution in [-0.4, -0.2) is 29.1 Å². The van der Waals surface area contributed by atoms with Crippen molar-refractivity contribution in [2.45, 2.75) is 6.42 Å². The summed E-state index contributed by atoms with van der Waals surface area (Å²) in [5, 5.41) is 8.70. The lowest BCUT2D eigenvalue weighted by atomic mass is 10.2. The quantitative estimate of drug-likeness (QED) is 0.777. The van der Waals surface area contributed by atoms with Gasteiger partial charge in [0.2, 0.25) is 0 Å². The number of aromatic nitrogens is 1. The molecule has 5 nitrogen and oxygen atoms in total. The third-order valence-corrected chi connectivity index (χ3v) is 1.83. The van der Waals surface area contributed by atoms with Gasteiger partial charge in [0, 0.05) is 6.20 Å². The smallest absolute Gasteiger partial charge is 0.354 e. The van der Waals surface area contributed by atoms with E-state index in [1.807, 2.05) is 0 Å². The van der Waals surface area contributed by atoms with Crippen LogP contribution < -0.4 is 0 Å². The fraction of sp³-hybridized carbons (Fsp3) is 0.182. The van der Waals surface area contributed by atoms with Crippen LogP contribution in [0.25, 0.3) is 6.08 Å². The number of carbonyl (C=O) groups excluding carboxylic acids is 1. The molecule has 0 amide bonds. The second-order valence-corrected chi connectivity index (χ2v) is 2.96. The Morgan fingerprint density at radius 2 is 2.31 bits per heavy atom. The Morgan fingerprint density at radius 3 is 2.94 bits per heavy atom. The average Bonchev–Trinajstić information content (AvgIpc) is 2.29. The number of rotatable bonds is 4. The fourth-order valence-electron chi connectivity index (χ4n) is 1.04. The number of carboxylic acid groups (broad SMARTS) is 1. The van der Waals surface area contributed by atoms with Crippen molar-refractivity contribution in [1.29, 1.82) is 0 Å². The van der Waals surface area contributed by atoms with Gasteiger partial charge in [-0.2, -0.15) is 0 Å². The molecule has 0 spiro atoms. The molecule has 0 atom stereocenters. The van der Waals surface area contributed by atoms with E-state index < -0.39 is 5.97 Å². The number of pyridine rings is 1. The Labute approximate surface area is 92.4 Å². The maximum atomic E-state index is 10.8. The summed E-state index contributed by atoms with van der Waals surface area (Å²) in [4.78, 5) is 25.1. The summed E-state index contributed by atoms with van der Waals surface area (Å²) in [7, 11) is 1.31. The van der Waals surface area contributed by atoms with Crippen LogP contribution in [0.3, 0.4) is 0 Å². The first kappa shape index (κ1) is 11.9. The predicted octanol–water partition coefficient (Wildman–Crippen LogP) is 1.36. The molecule has 0 aliphatic heterocycles. The molecule has 0 aromatic carbocycles. The first-order valence-electron chi connectivity index (χ1n) is 4.56. The van der Waals surface area contributed by atoms with Gasteiger partial charge < -0.3 is 9.84 Å². The van der Waals surface area contributed by atoms with E-state index in [1.165, 1.54) is 19.4 Å². The van der Waals surface area contributed by atoms with Crippen LogP contribution in [0.2, 0.25) is 0 Å². The Bertz CT molecular complexity index is 426. The van der Waals surface area contributed by atoms with E-state index in [1.54, 1.807) is 18.2 Å². The van der Waals surface area contributed by atoms with Gasteiger partial charge in [0.1, 0.15) is 5.69 Å². The molecule has 0 radical (unpaired) electrons. The van der Waals surface area contributed by atoms with Crippen LogP contribution in [0.5, 0.6) is 0 Å². The van der Waals surface area contributed by atoms with Crippen LogP contribution >= 0.6 is 0 Å². The molecule has 0 unspecified atom stereocenters. The standard InChI is InChI=1S/C11H11NO4/c1-16-10(13)4-2-3-8-5-6-12-9(7-8)11(14)15/h2-3,5-7H,4H2,1H3,(H,14,15). The first-order chi connectivity index (χ1) is 7.63. The van der Waals surface area contributed by atoms with E-state index >= 15 is 0 Å². The molecule has 0 saturated carbocycles. The van der Waals surface area contributed by atoms with Gasteiger partial charge in [-0.05, 0) is 17.7 Å². The molecule has 1 aromatic rings. The molecular weight excluding hydrogens is 210 g/mol. The zero-order valence-electron chi connectivity index (χ0n) is 8.71. The van der Waals surface area contributed by atoms with Crippen LogP contribution in [0.4, 0.5) is 0 Å². The molecule has 1 N–H and O–H groups in total. The largest absolute Gasteiger partial charge is 0.477 e. The van der Waals surface area contributed by atoms with Crippen molar-refractivity contribution in [2.75, 3.05) is 7.11 Å². The highest BCUT2D eigenvalue weighted by molar-refractivity contribution is 5.86. The maximum absolute atomic E-state index is 10.8. The van der Waals surface area contributed by atoms with Gasteiger partial charge in [-0.15, -0.1) is 0 Å². The van der Waals surface area contributed by atoms with Crippen molar-refractivity contribution in [1.82, 2.24) is 4.98 Å². The summed E-state index contributed by atoms with van der Waals surface area (Å²) in [5.41, 5.74) is 0.650. The lowest BCUT2D eigenvalue weighted by Gasteiger charge is -1.96. The molecule has 84 valence electrons. The van der Waals surface area contributed by atoms with Gasteiger partial charge in [0.25, 0.3) is 0 Å². The summed E-state index contributed by atoms with van der Waals surface area (Å²) in [6.07, 6.45) is 4.81. The van der Waals surface area contributed by atoms with Gasteiger partial charge in [0.15, 0.2) is 0 Å². The highest BCUT2D eigenvalue weighted by Crippen LogP contribution is 2.05. The van der Waals surface area contributed by atoms with Crippen molar-refractivity contribution in [3.63, 3.8) is 0 Å². The fourth-order valence-corrected chi connectivity index (χ4v) is 1.04. The van der Waals surface area contributed by atoms with Crippen LogP contribution in [0.1, 0.15) is 22.5 Å². The molecule has 0 aliphatic rings. The van der Waals surface area contributed by atoms with Crippen molar-refractivity contribution in [2.24, 2.45) is 0 Å². The van der Waals surface area contributed by atoms with Crippen LogP contribution in [-0.2, 0) is 9.53 Å². The van der Waals surface area contributed by atoms with Gasteiger partial charge in [-0.25, -0.2) is 9.78 Å². The number of carboxylic acids is 1. The Kier molecular flexibility index (Phi) is 4.20. The van der Waals surface area contributed by atoms with E-state index in [2.05, 4.69) is 9.72 Å². The first-order valence-corrected chi connectivity index (χ1v) is 4.56. The summed E-state index contributed by atoms with van der Waals surface area (Å²) in [5.74, 6) is -1.42. The summed E-state index contributed by atoms with van der Waals surface area (Å²) in [6.45, 7) is 0. The number of hydrogen-bond donors (Lipinski definition) is 1. The zero-order chi connectivity index (χ0) is 12.0. The number of esters is 1. The highest BCUT2D eigenvalue weighted by Gasteiger charge is 2.03. The van der Waals surface area contributed by atoms with Crippen molar-refractivity contribution in [3.8, 4) is 0 Å².